The Kier molecular flexibility index (Phi) is 8.34. The van der Waals surface area contributed by atoms with E-state index in [1.54, 1.807) is 19.4 Å². The molecule has 0 atom stereocenters. The maximum Gasteiger partial charge on any atom is 0.258 e. The number of carbonyl (C=O) groups is 1. The zero-order valence-electron chi connectivity index (χ0n) is 17.1. The van der Waals surface area contributed by atoms with Gasteiger partial charge in [0.15, 0.2) is 18.1 Å². The maximum atomic E-state index is 12.1. The van der Waals surface area contributed by atoms with Crippen LogP contribution in [0.25, 0.3) is 6.08 Å². The Morgan fingerprint density at radius 1 is 1.18 bits per heavy atom. The van der Waals surface area contributed by atoms with Crippen LogP contribution in [-0.2, 0) is 11.3 Å². The van der Waals surface area contributed by atoms with Crippen molar-refractivity contribution < 1.29 is 14.3 Å². The third kappa shape index (κ3) is 6.01. The number of methoxy groups -OCH3 is 1. The molecule has 0 aliphatic heterocycles. The van der Waals surface area contributed by atoms with Gasteiger partial charge in [0.05, 0.1) is 7.11 Å². The predicted octanol–water partition coefficient (Wildman–Crippen LogP) is 3.66. The summed E-state index contributed by atoms with van der Waals surface area (Å²) in [6.07, 6.45) is 5.71. The molecule has 0 aliphatic rings. The summed E-state index contributed by atoms with van der Waals surface area (Å²) in [5, 5.41) is 2.85. The fourth-order valence-corrected chi connectivity index (χ4v) is 2.75. The fourth-order valence-electron chi connectivity index (χ4n) is 2.75. The van der Waals surface area contributed by atoms with E-state index < -0.39 is 0 Å². The number of amides is 1. The Bertz CT molecular complexity index is 784. The van der Waals surface area contributed by atoms with Gasteiger partial charge in [-0.15, -0.1) is 0 Å². The molecule has 2 rings (SSSR count). The summed E-state index contributed by atoms with van der Waals surface area (Å²) >= 11 is 0. The molecule has 1 heterocycles. The molecular weight excluding hydrogens is 354 g/mol. The van der Waals surface area contributed by atoms with Gasteiger partial charge < -0.3 is 19.7 Å². The molecule has 0 saturated heterocycles. The number of rotatable bonds is 10. The van der Waals surface area contributed by atoms with Crippen molar-refractivity contribution in [3.8, 4) is 11.5 Å². The molecule has 0 unspecified atom stereocenters. The Balaban J connectivity index is 1.86. The molecule has 1 amide bonds. The Morgan fingerprint density at radius 3 is 2.57 bits per heavy atom. The lowest BCUT2D eigenvalue weighted by molar-refractivity contribution is -0.123. The lowest BCUT2D eigenvalue weighted by Gasteiger charge is -2.19. The molecule has 28 heavy (non-hydrogen) atoms. The zero-order chi connectivity index (χ0) is 20.4. The van der Waals surface area contributed by atoms with Crippen molar-refractivity contribution >= 4 is 17.8 Å². The van der Waals surface area contributed by atoms with E-state index in [0.29, 0.717) is 18.0 Å². The highest BCUT2D eigenvalue weighted by Crippen LogP contribution is 2.28. The number of ether oxygens (including phenoxy) is 2. The van der Waals surface area contributed by atoms with Crippen LogP contribution in [0.5, 0.6) is 11.5 Å². The highest BCUT2D eigenvalue weighted by molar-refractivity contribution is 5.77. The summed E-state index contributed by atoms with van der Waals surface area (Å²) < 4.78 is 10.9. The van der Waals surface area contributed by atoms with Crippen molar-refractivity contribution in [2.24, 2.45) is 0 Å². The van der Waals surface area contributed by atoms with E-state index in [-0.39, 0.29) is 12.5 Å². The normalized spacial score (nSPS) is 10.7. The first kappa shape index (κ1) is 21.3. The standard InChI is InChI=1S/C22H29N3O3/c1-5-8-17-9-11-19(20(13-17)27-4)28-16-22(26)24-15-18-10-12-21(23-14-18)25(6-2)7-3/h5,8-14H,6-7,15-16H2,1-4H3,(H,24,26)/b8-5+. The number of hydrogen-bond donors (Lipinski definition) is 1. The molecule has 0 radical (unpaired) electrons. The van der Waals surface area contributed by atoms with Crippen LogP contribution in [-0.4, -0.2) is 37.7 Å². The Labute approximate surface area is 167 Å². The summed E-state index contributed by atoms with van der Waals surface area (Å²) in [6.45, 7) is 8.31. The lowest BCUT2D eigenvalue weighted by atomic mass is 10.2. The Hall–Kier alpha value is -3.02. The van der Waals surface area contributed by atoms with Gasteiger partial charge in [0.2, 0.25) is 0 Å². The van der Waals surface area contributed by atoms with Crippen LogP contribution in [0.3, 0.4) is 0 Å². The average molecular weight is 383 g/mol. The second-order valence-corrected chi connectivity index (χ2v) is 6.17. The first-order chi connectivity index (χ1) is 13.6. The maximum absolute atomic E-state index is 12.1. The van der Waals surface area contributed by atoms with Crippen molar-refractivity contribution in [1.29, 1.82) is 0 Å². The van der Waals surface area contributed by atoms with E-state index in [2.05, 4.69) is 29.0 Å². The number of allylic oxidation sites excluding steroid dienone is 1. The smallest absolute Gasteiger partial charge is 0.258 e. The highest BCUT2D eigenvalue weighted by atomic mass is 16.5. The minimum atomic E-state index is -0.201. The number of anilines is 1. The summed E-state index contributed by atoms with van der Waals surface area (Å²) in [7, 11) is 1.58. The molecule has 0 saturated carbocycles. The first-order valence-electron chi connectivity index (χ1n) is 9.51. The van der Waals surface area contributed by atoms with Gasteiger partial charge >= 0.3 is 0 Å². The average Bonchev–Trinajstić information content (AvgIpc) is 2.73. The van der Waals surface area contributed by atoms with Crippen molar-refractivity contribution in [3.63, 3.8) is 0 Å². The minimum Gasteiger partial charge on any atom is -0.493 e. The zero-order valence-corrected chi connectivity index (χ0v) is 17.1. The van der Waals surface area contributed by atoms with Crippen molar-refractivity contribution in [1.82, 2.24) is 10.3 Å². The van der Waals surface area contributed by atoms with E-state index in [0.717, 1.165) is 30.0 Å². The van der Waals surface area contributed by atoms with Gasteiger partial charge in [-0.3, -0.25) is 4.79 Å². The third-order valence-electron chi connectivity index (χ3n) is 4.29. The number of aromatic nitrogens is 1. The largest absolute Gasteiger partial charge is 0.493 e. The van der Waals surface area contributed by atoms with Crippen LogP contribution in [0.15, 0.2) is 42.6 Å². The molecule has 2 aromatic rings. The van der Waals surface area contributed by atoms with Crippen LogP contribution in [0, 0.1) is 0 Å². The van der Waals surface area contributed by atoms with Crippen molar-refractivity contribution in [2.45, 2.75) is 27.3 Å². The van der Waals surface area contributed by atoms with E-state index in [1.807, 2.05) is 43.3 Å². The van der Waals surface area contributed by atoms with Gasteiger partial charge in [0.1, 0.15) is 5.82 Å². The second kappa shape index (κ2) is 11.0. The first-order valence-corrected chi connectivity index (χ1v) is 9.51. The van der Waals surface area contributed by atoms with Gasteiger partial charge in [-0.2, -0.15) is 0 Å². The van der Waals surface area contributed by atoms with Gasteiger partial charge in [0, 0.05) is 25.8 Å². The van der Waals surface area contributed by atoms with Crippen LogP contribution in [0.1, 0.15) is 31.9 Å². The molecule has 6 heteroatoms. The van der Waals surface area contributed by atoms with Crippen LogP contribution < -0.4 is 19.7 Å². The minimum absolute atomic E-state index is 0.0791. The molecule has 1 aromatic heterocycles. The van der Waals surface area contributed by atoms with Crippen LogP contribution in [0.2, 0.25) is 0 Å². The predicted molar refractivity (Wildman–Crippen MR) is 113 cm³/mol. The Morgan fingerprint density at radius 2 is 1.96 bits per heavy atom. The number of benzene rings is 1. The molecule has 6 nitrogen and oxygen atoms in total. The molecule has 150 valence electrons. The van der Waals surface area contributed by atoms with Gasteiger partial charge in [-0.05, 0) is 50.1 Å². The molecule has 1 aromatic carbocycles. The monoisotopic (exact) mass is 383 g/mol. The number of carbonyl (C=O) groups excluding carboxylic acids is 1. The summed E-state index contributed by atoms with van der Waals surface area (Å²) in [5.41, 5.74) is 1.95. The summed E-state index contributed by atoms with van der Waals surface area (Å²) in [6, 6.07) is 9.54. The molecule has 0 aliphatic carbocycles. The van der Waals surface area contributed by atoms with E-state index in [1.165, 1.54) is 0 Å². The molecule has 0 spiro atoms. The van der Waals surface area contributed by atoms with E-state index >= 15 is 0 Å². The topological polar surface area (TPSA) is 63.7 Å². The number of hydrogen-bond acceptors (Lipinski definition) is 5. The summed E-state index contributed by atoms with van der Waals surface area (Å²) in [5.74, 6) is 1.88. The van der Waals surface area contributed by atoms with E-state index in [4.69, 9.17) is 9.47 Å². The highest BCUT2D eigenvalue weighted by Gasteiger charge is 2.09. The number of nitrogens with one attached hydrogen (secondary N) is 1. The summed E-state index contributed by atoms with van der Waals surface area (Å²) in [4.78, 5) is 18.7. The second-order valence-electron chi connectivity index (χ2n) is 6.17. The van der Waals surface area contributed by atoms with Crippen molar-refractivity contribution in [2.75, 3.05) is 31.7 Å². The molecule has 0 fully saturated rings. The third-order valence-corrected chi connectivity index (χ3v) is 4.29. The number of nitrogens with zero attached hydrogens (tertiary/aromatic N) is 2. The number of pyridine rings is 1. The van der Waals surface area contributed by atoms with Gasteiger partial charge in [-0.1, -0.05) is 24.3 Å². The quantitative estimate of drug-likeness (QED) is 0.678. The van der Waals surface area contributed by atoms with Gasteiger partial charge in [-0.25, -0.2) is 4.98 Å². The fraction of sp³-hybridized carbons (Fsp3) is 0.364. The molecule has 0 bridgehead atoms. The molecular formula is C22H29N3O3. The van der Waals surface area contributed by atoms with Crippen molar-refractivity contribution in [3.05, 3.63) is 53.7 Å². The van der Waals surface area contributed by atoms with E-state index in [9.17, 15) is 4.79 Å². The van der Waals surface area contributed by atoms with Gasteiger partial charge in [0.25, 0.3) is 5.91 Å². The molecule has 1 N–H and O–H groups in total. The SMILES string of the molecule is C/C=C/c1ccc(OCC(=O)NCc2ccc(N(CC)CC)nc2)c(OC)c1. The van der Waals surface area contributed by atoms with Crippen LogP contribution in [0.4, 0.5) is 5.82 Å². The van der Waals surface area contributed by atoms with Crippen LogP contribution >= 0.6 is 0 Å². The lowest BCUT2D eigenvalue weighted by Crippen LogP contribution is -2.28.